The summed E-state index contributed by atoms with van der Waals surface area (Å²) in [5.74, 6) is 1.66. The molecule has 34 heavy (non-hydrogen) atoms. The average Bonchev–Trinajstić information content (AvgIpc) is 2.85. The molecule has 1 aliphatic carbocycles. The van der Waals surface area contributed by atoms with Crippen LogP contribution in [0.25, 0.3) is 0 Å². The summed E-state index contributed by atoms with van der Waals surface area (Å²) in [7, 11) is 0. The van der Waals surface area contributed by atoms with Crippen LogP contribution < -0.4 is 9.64 Å². The zero-order valence-electron chi connectivity index (χ0n) is 17.8. The van der Waals surface area contributed by atoms with Crippen molar-refractivity contribution in [3.63, 3.8) is 0 Å². The van der Waals surface area contributed by atoms with E-state index in [1.165, 1.54) is 11.1 Å². The normalized spacial score (nSPS) is 12.9. The number of benzene rings is 4. The lowest BCUT2D eigenvalue weighted by Gasteiger charge is -2.34. The minimum Gasteiger partial charge on any atom is -0.453 e. The number of ether oxygens (including phenoxy) is 1. The van der Waals surface area contributed by atoms with Gasteiger partial charge in [-0.25, -0.2) is 0 Å². The number of halogens is 2. The van der Waals surface area contributed by atoms with Crippen molar-refractivity contribution in [1.29, 1.82) is 10.5 Å². The van der Waals surface area contributed by atoms with Gasteiger partial charge in [0.2, 0.25) is 0 Å². The van der Waals surface area contributed by atoms with Gasteiger partial charge in [-0.05, 0) is 141 Å². The second-order valence-electron chi connectivity index (χ2n) is 8.31. The highest BCUT2D eigenvalue weighted by molar-refractivity contribution is 14.1. The van der Waals surface area contributed by atoms with Gasteiger partial charge in [-0.1, -0.05) is 6.07 Å². The standard InChI is InChI=1S/C28H15I2N3O/c29-20-4-7-25-27(12-20)34-28-13-21(30)5-8-26(28)33(25)22-6-3-16-10-23-17(14-31)1-2-18(15-32)24(23)11-19(16)9-22/h1-9,12-13H,10-11H2. The van der Waals surface area contributed by atoms with Gasteiger partial charge in [-0.3, -0.25) is 0 Å². The van der Waals surface area contributed by atoms with Crippen LogP contribution >= 0.6 is 45.2 Å². The van der Waals surface area contributed by atoms with Gasteiger partial charge in [-0.15, -0.1) is 0 Å². The summed E-state index contributed by atoms with van der Waals surface area (Å²) in [5, 5.41) is 19.3. The van der Waals surface area contributed by atoms with Crippen molar-refractivity contribution in [3.8, 4) is 23.6 Å². The Morgan fingerprint density at radius 1 is 0.676 bits per heavy atom. The molecule has 0 radical (unpaired) electrons. The first-order chi connectivity index (χ1) is 16.6. The maximum atomic E-state index is 9.67. The molecule has 4 aromatic rings. The summed E-state index contributed by atoms with van der Waals surface area (Å²) in [6.45, 7) is 0. The van der Waals surface area contributed by atoms with Gasteiger partial charge in [0.05, 0.1) is 34.6 Å². The van der Waals surface area contributed by atoms with Crippen molar-refractivity contribution in [2.75, 3.05) is 4.90 Å². The Morgan fingerprint density at radius 2 is 1.24 bits per heavy atom. The summed E-state index contributed by atoms with van der Waals surface area (Å²) in [6, 6.07) is 27.1. The van der Waals surface area contributed by atoms with Crippen LogP contribution in [0.2, 0.25) is 0 Å². The second-order valence-corrected chi connectivity index (χ2v) is 10.8. The van der Waals surface area contributed by atoms with Crippen molar-refractivity contribution >= 4 is 62.2 Å². The van der Waals surface area contributed by atoms with Crippen LogP contribution in [-0.4, -0.2) is 0 Å². The molecule has 0 saturated heterocycles. The molecule has 0 unspecified atom stereocenters. The molecule has 1 aliphatic heterocycles. The summed E-state index contributed by atoms with van der Waals surface area (Å²) in [5.41, 5.74) is 8.67. The Morgan fingerprint density at radius 3 is 1.79 bits per heavy atom. The lowest BCUT2D eigenvalue weighted by molar-refractivity contribution is 0.476. The topological polar surface area (TPSA) is 60.0 Å². The third-order valence-electron chi connectivity index (χ3n) is 6.40. The molecule has 2 aliphatic rings. The number of hydrogen-bond donors (Lipinski definition) is 0. The average molecular weight is 663 g/mol. The van der Waals surface area contributed by atoms with E-state index in [1.54, 1.807) is 12.1 Å². The van der Waals surface area contributed by atoms with Crippen molar-refractivity contribution in [3.05, 3.63) is 107 Å². The lowest BCUT2D eigenvalue weighted by atomic mass is 9.81. The molecular weight excluding hydrogens is 648 g/mol. The van der Waals surface area contributed by atoms with Crippen LogP contribution in [0.5, 0.6) is 11.5 Å². The molecule has 4 nitrogen and oxygen atoms in total. The number of anilines is 3. The Balaban J connectivity index is 1.50. The van der Waals surface area contributed by atoms with Gasteiger partial charge >= 0.3 is 0 Å². The SMILES string of the molecule is N#Cc1ccc(C#N)c2c1Cc1ccc(N3c4ccc(I)cc4Oc4cc(I)ccc43)cc1C2. The van der Waals surface area contributed by atoms with E-state index in [2.05, 4.69) is 117 Å². The number of fused-ring (bicyclic) bond motifs is 4. The molecule has 162 valence electrons. The molecular formula is C28H15I2N3O. The molecule has 6 rings (SSSR count). The second kappa shape index (κ2) is 8.30. The number of rotatable bonds is 1. The third kappa shape index (κ3) is 3.44. The highest BCUT2D eigenvalue weighted by atomic mass is 127. The third-order valence-corrected chi connectivity index (χ3v) is 7.74. The quantitative estimate of drug-likeness (QED) is 0.169. The van der Waals surface area contributed by atoms with Gasteiger partial charge in [0.1, 0.15) is 0 Å². The van der Waals surface area contributed by atoms with E-state index < -0.39 is 0 Å². The van der Waals surface area contributed by atoms with Crippen LogP contribution in [0.15, 0.2) is 66.7 Å². The summed E-state index contributed by atoms with van der Waals surface area (Å²) in [6.07, 6.45) is 1.30. The van der Waals surface area contributed by atoms with Crippen molar-refractivity contribution < 1.29 is 4.74 Å². The number of nitrogens with zero attached hydrogens (tertiary/aromatic N) is 3. The summed E-state index contributed by atoms with van der Waals surface area (Å²) in [4.78, 5) is 2.24. The number of nitriles is 2. The molecule has 0 spiro atoms. The molecule has 6 heteroatoms. The molecule has 0 amide bonds. The highest BCUT2D eigenvalue weighted by Crippen LogP contribution is 2.51. The van der Waals surface area contributed by atoms with Crippen molar-refractivity contribution in [2.24, 2.45) is 0 Å². The van der Waals surface area contributed by atoms with Crippen LogP contribution in [0.3, 0.4) is 0 Å². The zero-order chi connectivity index (χ0) is 23.4. The Bertz CT molecular complexity index is 1550. The predicted molar refractivity (Wildman–Crippen MR) is 148 cm³/mol. The smallest absolute Gasteiger partial charge is 0.152 e. The van der Waals surface area contributed by atoms with E-state index in [-0.39, 0.29) is 0 Å². The monoisotopic (exact) mass is 663 g/mol. The fourth-order valence-electron chi connectivity index (χ4n) is 4.81. The number of hydrogen-bond acceptors (Lipinski definition) is 4. The van der Waals surface area contributed by atoms with Gasteiger partial charge in [0, 0.05) is 12.8 Å². The Kier molecular flexibility index (Phi) is 5.23. The first-order valence-corrected chi connectivity index (χ1v) is 12.9. The minimum atomic E-state index is 0.639. The van der Waals surface area contributed by atoms with Gasteiger partial charge in [0.15, 0.2) is 11.5 Å². The molecule has 0 aromatic heterocycles. The van der Waals surface area contributed by atoms with E-state index in [4.69, 9.17) is 4.74 Å². The lowest BCUT2D eigenvalue weighted by Crippen LogP contribution is -2.17. The summed E-state index contributed by atoms with van der Waals surface area (Å²) >= 11 is 4.61. The minimum absolute atomic E-state index is 0.639. The van der Waals surface area contributed by atoms with E-state index in [1.807, 2.05) is 0 Å². The first-order valence-electron chi connectivity index (χ1n) is 10.7. The van der Waals surface area contributed by atoms with E-state index in [9.17, 15) is 10.5 Å². The molecule has 0 N–H and O–H groups in total. The Labute approximate surface area is 224 Å². The van der Waals surface area contributed by atoms with Crippen LogP contribution in [0.1, 0.15) is 33.4 Å². The molecule has 0 atom stereocenters. The first kappa shape index (κ1) is 21.5. The van der Waals surface area contributed by atoms with Gasteiger partial charge in [0.25, 0.3) is 0 Å². The van der Waals surface area contributed by atoms with Crippen molar-refractivity contribution in [1.82, 2.24) is 0 Å². The maximum Gasteiger partial charge on any atom is 0.152 e. The highest BCUT2D eigenvalue weighted by Gasteiger charge is 2.28. The molecule has 0 bridgehead atoms. The van der Waals surface area contributed by atoms with E-state index >= 15 is 0 Å². The molecule has 4 aromatic carbocycles. The van der Waals surface area contributed by atoms with Crippen LogP contribution in [0.4, 0.5) is 17.1 Å². The summed E-state index contributed by atoms with van der Waals surface area (Å²) < 4.78 is 8.52. The van der Waals surface area contributed by atoms with E-state index in [0.717, 1.165) is 46.8 Å². The van der Waals surface area contributed by atoms with Crippen molar-refractivity contribution in [2.45, 2.75) is 12.8 Å². The molecule has 1 heterocycles. The predicted octanol–water partition coefficient (Wildman–Crippen LogP) is 7.71. The largest absolute Gasteiger partial charge is 0.453 e. The van der Waals surface area contributed by atoms with Crippen LogP contribution in [-0.2, 0) is 12.8 Å². The van der Waals surface area contributed by atoms with Gasteiger partial charge < -0.3 is 9.64 Å². The maximum absolute atomic E-state index is 9.67. The molecule has 0 saturated carbocycles. The Hall–Kier alpha value is -3.08. The van der Waals surface area contributed by atoms with Crippen LogP contribution in [0, 0.1) is 29.8 Å². The molecule has 0 fully saturated rings. The fraction of sp³-hybridized carbons (Fsp3) is 0.0714. The zero-order valence-corrected chi connectivity index (χ0v) is 22.1. The fourth-order valence-corrected chi connectivity index (χ4v) is 5.74. The van der Waals surface area contributed by atoms with Gasteiger partial charge in [-0.2, -0.15) is 10.5 Å². The van der Waals surface area contributed by atoms with E-state index in [0.29, 0.717) is 24.0 Å².